The van der Waals surface area contributed by atoms with Crippen molar-refractivity contribution >= 4 is 34.0 Å². The van der Waals surface area contributed by atoms with Gasteiger partial charge in [0.15, 0.2) is 0 Å². The Bertz CT molecular complexity index is 1050. The van der Waals surface area contributed by atoms with Gasteiger partial charge in [-0.05, 0) is 35.7 Å². The molecule has 1 amide bonds. The van der Waals surface area contributed by atoms with Gasteiger partial charge in [0.05, 0.1) is 5.69 Å². The first-order chi connectivity index (χ1) is 12.2. The first-order valence-electron chi connectivity index (χ1n) is 7.67. The number of carbonyl (C=O) groups is 1. The van der Waals surface area contributed by atoms with Gasteiger partial charge in [-0.2, -0.15) is 0 Å². The van der Waals surface area contributed by atoms with E-state index in [2.05, 4.69) is 15.4 Å². The lowest BCUT2D eigenvalue weighted by Gasteiger charge is -2.07. The number of fused-ring (bicyclic) bond motifs is 1. The molecule has 0 saturated heterocycles. The minimum Gasteiger partial charge on any atom is -0.319 e. The molecule has 0 saturated carbocycles. The lowest BCUT2D eigenvalue weighted by Crippen LogP contribution is -2.14. The highest BCUT2D eigenvalue weighted by molar-refractivity contribution is 6.30. The quantitative estimate of drug-likeness (QED) is 0.599. The second-order valence-corrected chi connectivity index (χ2v) is 5.91. The summed E-state index contributed by atoms with van der Waals surface area (Å²) >= 11 is 5.88. The van der Waals surface area contributed by atoms with Crippen molar-refractivity contribution in [2.24, 2.45) is 0 Å². The van der Waals surface area contributed by atoms with Crippen molar-refractivity contribution in [3.05, 3.63) is 83.9 Å². The maximum Gasteiger partial charge on any atom is 0.295 e. The van der Waals surface area contributed by atoms with E-state index in [0.717, 1.165) is 22.1 Å². The molecule has 0 radical (unpaired) electrons. The molecule has 0 aliphatic heterocycles. The summed E-state index contributed by atoms with van der Waals surface area (Å²) in [7, 11) is 0. The first-order valence-corrected chi connectivity index (χ1v) is 8.05. The number of anilines is 1. The Morgan fingerprint density at radius 1 is 0.960 bits per heavy atom. The van der Waals surface area contributed by atoms with Gasteiger partial charge in [0.1, 0.15) is 6.33 Å². The van der Waals surface area contributed by atoms with Crippen LogP contribution < -0.4 is 5.32 Å². The molecule has 1 aromatic heterocycles. The molecule has 0 fully saturated rings. The fourth-order valence-corrected chi connectivity index (χ4v) is 2.72. The number of nitrogens with one attached hydrogen (secondary N) is 1. The molecule has 122 valence electrons. The predicted octanol–water partition coefficient (Wildman–Crippen LogP) is 4.33. The van der Waals surface area contributed by atoms with E-state index >= 15 is 0 Å². The zero-order chi connectivity index (χ0) is 17.2. The van der Waals surface area contributed by atoms with Crippen LogP contribution in [0, 0.1) is 0 Å². The number of aromatic nitrogens is 3. The number of halogens is 1. The molecule has 1 heterocycles. The Balaban J connectivity index is 1.60. The molecule has 0 unspecified atom stereocenters. The zero-order valence-electron chi connectivity index (χ0n) is 13.1. The van der Waals surface area contributed by atoms with E-state index in [1.807, 2.05) is 54.6 Å². The summed E-state index contributed by atoms with van der Waals surface area (Å²) in [6.45, 7) is 0. The van der Waals surface area contributed by atoms with Crippen molar-refractivity contribution in [2.75, 3.05) is 5.32 Å². The number of nitrogens with zero attached hydrogens (tertiary/aromatic N) is 3. The molecule has 0 spiro atoms. The Labute approximate surface area is 148 Å². The molecular weight excluding hydrogens is 336 g/mol. The molecule has 4 aromatic rings. The fraction of sp³-hybridized carbons (Fsp3) is 0. The minimum absolute atomic E-state index is 0.0999. The third-order valence-corrected chi connectivity index (χ3v) is 4.08. The van der Waals surface area contributed by atoms with E-state index in [-0.39, 0.29) is 11.7 Å². The van der Waals surface area contributed by atoms with Gasteiger partial charge >= 0.3 is 0 Å². The van der Waals surface area contributed by atoms with Crippen molar-refractivity contribution < 1.29 is 4.79 Å². The summed E-state index contributed by atoms with van der Waals surface area (Å²) in [6.07, 6.45) is 1.50. The Morgan fingerprint density at radius 2 is 1.72 bits per heavy atom. The molecule has 0 aliphatic carbocycles. The van der Waals surface area contributed by atoms with Gasteiger partial charge in [-0.1, -0.05) is 48.0 Å². The largest absolute Gasteiger partial charge is 0.319 e. The Morgan fingerprint density at radius 3 is 2.56 bits per heavy atom. The monoisotopic (exact) mass is 348 g/mol. The number of amides is 1. The third-order valence-electron chi connectivity index (χ3n) is 3.82. The van der Waals surface area contributed by atoms with Gasteiger partial charge in [0.2, 0.25) is 5.82 Å². The molecule has 6 heteroatoms. The molecule has 0 atom stereocenters. The van der Waals surface area contributed by atoms with Gasteiger partial charge in [-0.15, -0.1) is 5.10 Å². The normalized spacial score (nSPS) is 10.8. The second kappa shape index (κ2) is 6.37. The molecule has 0 bridgehead atoms. The van der Waals surface area contributed by atoms with Gasteiger partial charge in [0, 0.05) is 16.1 Å². The minimum atomic E-state index is -0.357. The van der Waals surface area contributed by atoms with Crippen LogP contribution >= 0.6 is 11.6 Å². The molecule has 4 rings (SSSR count). The highest BCUT2D eigenvalue weighted by Gasteiger charge is 2.13. The summed E-state index contributed by atoms with van der Waals surface area (Å²) in [5, 5.41) is 9.77. The lowest BCUT2D eigenvalue weighted by atomic mass is 10.1. The van der Waals surface area contributed by atoms with Gasteiger partial charge in [-0.25, -0.2) is 9.67 Å². The SMILES string of the molecule is O=C(Nc1cccc2ccccc12)c1ncn(-c2ccc(Cl)cc2)n1. The van der Waals surface area contributed by atoms with E-state index < -0.39 is 0 Å². The van der Waals surface area contributed by atoms with Crippen molar-refractivity contribution in [1.29, 1.82) is 0 Å². The maximum absolute atomic E-state index is 12.5. The molecule has 1 N–H and O–H groups in total. The summed E-state index contributed by atoms with van der Waals surface area (Å²) < 4.78 is 1.54. The summed E-state index contributed by atoms with van der Waals surface area (Å²) in [4.78, 5) is 16.6. The molecular formula is C19H13ClN4O. The Hall–Kier alpha value is -3.18. The van der Waals surface area contributed by atoms with E-state index in [1.54, 1.807) is 12.1 Å². The lowest BCUT2D eigenvalue weighted by molar-refractivity contribution is 0.101. The highest BCUT2D eigenvalue weighted by Crippen LogP contribution is 2.23. The van der Waals surface area contributed by atoms with Crippen molar-refractivity contribution in [3.8, 4) is 5.69 Å². The van der Waals surface area contributed by atoms with Crippen LogP contribution in [0.15, 0.2) is 73.1 Å². The average Bonchev–Trinajstić information content (AvgIpc) is 3.13. The smallest absolute Gasteiger partial charge is 0.295 e. The van der Waals surface area contributed by atoms with Crippen LogP contribution in [0.3, 0.4) is 0 Å². The summed E-state index contributed by atoms with van der Waals surface area (Å²) in [5.74, 6) is -0.257. The summed E-state index contributed by atoms with van der Waals surface area (Å²) in [5.41, 5.74) is 1.51. The standard InChI is InChI=1S/C19H13ClN4O/c20-14-8-10-15(11-9-14)24-12-21-18(23-24)19(25)22-17-7-3-5-13-4-1-2-6-16(13)17/h1-12H,(H,22,25). The van der Waals surface area contributed by atoms with Crippen LogP contribution in [0.4, 0.5) is 5.69 Å². The molecule has 0 aliphatic rings. The van der Waals surface area contributed by atoms with E-state index in [1.165, 1.54) is 11.0 Å². The number of hydrogen-bond acceptors (Lipinski definition) is 3. The van der Waals surface area contributed by atoms with Crippen LogP contribution in [-0.4, -0.2) is 20.7 Å². The predicted molar refractivity (Wildman–Crippen MR) is 98.3 cm³/mol. The molecule has 25 heavy (non-hydrogen) atoms. The molecule has 3 aromatic carbocycles. The van der Waals surface area contributed by atoms with Crippen molar-refractivity contribution in [2.45, 2.75) is 0 Å². The van der Waals surface area contributed by atoms with E-state index in [4.69, 9.17) is 11.6 Å². The Kier molecular flexibility index (Phi) is 3.91. The number of hydrogen-bond donors (Lipinski definition) is 1. The van der Waals surface area contributed by atoms with Crippen LogP contribution in [0.2, 0.25) is 5.02 Å². The summed E-state index contributed by atoms with van der Waals surface area (Å²) in [6, 6.07) is 20.8. The fourth-order valence-electron chi connectivity index (χ4n) is 2.60. The average molecular weight is 349 g/mol. The van der Waals surface area contributed by atoms with Gasteiger partial charge < -0.3 is 5.32 Å². The maximum atomic E-state index is 12.5. The van der Waals surface area contributed by atoms with Gasteiger partial charge in [0.25, 0.3) is 5.91 Å². The highest BCUT2D eigenvalue weighted by atomic mass is 35.5. The van der Waals surface area contributed by atoms with Crippen LogP contribution in [0.25, 0.3) is 16.5 Å². The molecule has 5 nitrogen and oxygen atoms in total. The second-order valence-electron chi connectivity index (χ2n) is 5.47. The van der Waals surface area contributed by atoms with Crippen LogP contribution in [0.1, 0.15) is 10.6 Å². The van der Waals surface area contributed by atoms with Gasteiger partial charge in [-0.3, -0.25) is 4.79 Å². The number of rotatable bonds is 3. The first kappa shape index (κ1) is 15.4. The number of carbonyl (C=O) groups excluding carboxylic acids is 1. The van der Waals surface area contributed by atoms with Crippen molar-refractivity contribution in [3.63, 3.8) is 0 Å². The van der Waals surface area contributed by atoms with Crippen LogP contribution in [-0.2, 0) is 0 Å². The van der Waals surface area contributed by atoms with Crippen LogP contribution in [0.5, 0.6) is 0 Å². The van der Waals surface area contributed by atoms with E-state index in [9.17, 15) is 4.79 Å². The zero-order valence-corrected chi connectivity index (χ0v) is 13.8. The van der Waals surface area contributed by atoms with E-state index in [0.29, 0.717) is 5.02 Å². The third kappa shape index (κ3) is 3.09. The topological polar surface area (TPSA) is 59.8 Å². The number of benzene rings is 3. The van der Waals surface area contributed by atoms with Crippen molar-refractivity contribution in [1.82, 2.24) is 14.8 Å².